The normalized spacial score (nSPS) is 11.3. The average Bonchev–Trinajstić information content (AvgIpc) is 2.27. The van der Waals surface area contributed by atoms with Gasteiger partial charge in [-0.2, -0.15) is 0 Å². The number of ether oxygens (including phenoxy) is 1. The van der Waals surface area contributed by atoms with Crippen molar-refractivity contribution in [1.29, 1.82) is 0 Å². The SMILES string of the molecule is Nc1ccnc(-c2ccccc2OC(F)(F)F)n1. The summed E-state index contributed by atoms with van der Waals surface area (Å²) in [6.07, 6.45) is -3.40. The van der Waals surface area contributed by atoms with E-state index in [1.54, 1.807) is 6.07 Å². The highest BCUT2D eigenvalue weighted by Gasteiger charge is 2.32. The Morgan fingerprint density at radius 1 is 1.11 bits per heavy atom. The lowest BCUT2D eigenvalue weighted by Gasteiger charge is -2.12. The summed E-state index contributed by atoms with van der Waals surface area (Å²) in [5.74, 6) is -0.118. The van der Waals surface area contributed by atoms with Gasteiger partial charge in [0.25, 0.3) is 0 Å². The number of nitrogen functional groups attached to an aromatic ring is 1. The molecule has 0 amide bonds. The molecule has 0 saturated carbocycles. The van der Waals surface area contributed by atoms with Crippen LogP contribution in [-0.2, 0) is 0 Å². The second-order valence-corrected chi connectivity index (χ2v) is 3.35. The number of nitrogens with zero attached hydrogens (tertiary/aromatic N) is 2. The molecule has 1 heterocycles. The molecule has 0 unspecified atom stereocenters. The molecule has 0 atom stereocenters. The molecule has 0 radical (unpaired) electrons. The van der Waals surface area contributed by atoms with Crippen LogP contribution in [0.1, 0.15) is 0 Å². The Kier molecular flexibility index (Phi) is 3.05. The zero-order valence-electron chi connectivity index (χ0n) is 8.98. The molecule has 2 rings (SSSR count). The number of alkyl halides is 3. The minimum absolute atomic E-state index is 0.0786. The van der Waals surface area contributed by atoms with Gasteiger partial charge in [-0.3, -0.25) is 0 Å². The van der Waals surface area contributed by atoms with Crippen molar-refractivity contribution < 1.29 is 17.9 Å². The molecule has 0 aliphatic rings. The van der Waals surface area contributed by atoms with E-state index in [0.29, 0.717) is 0 Å². The summed E-state index contributed by atoms with van der Waals surface area (Å²) in [6, 6.07) is 7.05. The van der Waals surface area contributed by atoms with Gasteiger partial charge < -0.3 is 10.5 Å². The highest BCUT2D eigenvalue weighted by molar-refractivity contribution is 5.64. The van der Waals surface area contributed by atoms with Crippen LogP contribution in [0.2, 0.25) is 0 Å². The number of halogens is 3. The highest BCUT2D eigenvalue weighted by Crippen LogP contribution is 2.31. The third-order valence-corrected chi connectivity index (χ3v) is 2.03. The van der Waals surface area contributed by atoms with Crippen LogP contribution in [0, 0.1) is 0 Å². The summed E-state index contributed by atoms with van der Waals surface area (Å²) in [6.45, 7) is 0. The topological polar surface area (TPSA) is 61.0 Å². The molecule has 0 aliphatic heterocycles. The number of nitrogens with two attached hydrogens (primary N) is 1. The predicted molar refractivity (Wildman–Crippen MR) is 58.6 cm³/mol. The Morgan fingerprint density at radius 2 is 1.83 bits per heavy atom. The number of hydrogen-bond acceptors (Lipinski definition) is 4. The van der Waals surface area contributed by atoms with Crippen LogP contribution in [0.25, 0.3) is 11.4 Å². The van der Waals surface area contributed by atoms with E-state index in [0.717, 1.165) is 0 Å². The zero-order valence-corrected chi connectivity index (χ0v) is 8.98. The Labute approximate surface area is 100 Å². The van der Waals surface area contributed by atoms with E-state index >= 15 is 0 Å². The Bertz CT molecular complexity index is 557. The fourth-order valence-corrected chi connectivity index (χ4v) is 1.37. The summed E-state index contributed by atoms with van der Waals surface area (Å²) in [5.41, 5.74) is 5.59. The summed E-state index contributed by atoms with van der Waals surface area (Å²) in [7, 11) is 0. The monoisotopic (exact) mass is 255 g/mol. The molecule has 1 aromatic heterocycles. The first-order valence-electron chi connectivity index (χ1n) is 4.89. The predicted octanol–water partition coefficient (Wildman–Crippen LogP) is 2.62. The molecule has 4 nitrogen and oxygen atoms in total. The molecular formula is C11H8F3N3O. The first-order chi connectivity index (χ1) is 8.46. The largest absolute Gasteiger partial charge is 0.573 e. The van der Waals surface area contributed by atoms with Crippen molar-refractivity contribution in [2.45, 2.75) is 6.36 Å². The molecular weight excluding hydrogens is 247 g/mol. The molecule has 94 valence electrons. The maximum absolute atomic E-state index is 12.2. The van der Waals surface area contributed by atoms with Gasteiger partial charge in [0.1, 0.15) is 11.6 Å². The van der Waals surface area contributed by atoms with Gasteiger partial charge in [0.05, 0.1) is 5.56 Å². The second kappa shape index (κ2) is 4.52. The molecule has 1 aromatic carbocycles. The van der Waals surface area contributed by atoms with Crippen molar-refractivity contribution in [3.63, 3.8) is 0 Å². The summed E-state index contributed by atoms with van der Waals surface area (Å²) < 4.78 is 40.6. The summed E-state index contributed by atoms with van der Waals surface area (Å²) in [4.78, 5) is 7.72. The smallest absolute Gasteiger partial charge is 0.405 e. The molecule has 2 N–H and O–H groups in total. The molecule has 7 heteroatoms. The standard InChI is InChI=1S/C11H8F3N3O/c12-11(13,14)18-8-4-2-1-3-7(8)10-16-6-5-9(15)17-10/h1-6H,(H2,15,16,17). The molecule has 0 saturated heterocycles. The molecule has 18 heavy (non-hydrogen) atoms. The van der Waals surface area contributed by atoms with Crippen LogP contribution < -0.4 is 10.5 Å². The van der Waals surface area contributed by atoms with Crippen LogP contribution in [0.5, 0.6) is 5.75 Å². The number of hydrogen-bond donors (Lipinski definition) is 1. The lowest BCUT2D eigenvalue weighted by molar-refractivity contribution is -0.274. The van der Waals surface area contributed by atoms with E-state index in [1.165, 1.54) is 30.5 Å². The van der Waals surface area contributed by atoms with Crippen LogP contribution in [-0.4, -0.2) is 16.3 Å². The number of para-hydroxylation sites is 1. The zero-order chi connectivity index (χ0) is 13.2. The molecule has 0 aliphatic carbocycles. The Morgan fingerprint density at radius 3 is 2.50 bits per heavy atom. The van der Waals surface area contributed by atoms with Crippen molar-refractivity contribution in [3.05, 3.63) is 36.5 Å². The lowest BCUT2D eigenvalue weighted by Crippen LogP contribution is -2.17. The Balaban J connectivity index is 2.45. The molecule has 0 bridgehead atoms. The Hall–Kier alpha value is -2.31. The maximum Gasteiger partial charge on any atom is 0.573 e. The van der Waals surface area contributed by atoms with Crippen LogP contribution in [0.3, 0.4) is 0 Å². The fraction of sp³-hybridized carbons (Fsp3) is 0.0909. The minimum Gasteiger partial charge on any atom is -0.405 e. The first kappa shape index (κ1) is 12.2. The van der Waals surface area contributed by atoms with Gasteiger partial charge in [-0.25, -0.2) is 9.97 Å². The van der Waals surface area contributed by atoms with Crippen LogP contribution >= 0.6 is 0 Å². The number of rotatable bonds is 2. The van der Waals surface area contributed by atoms with E-state index in [2.05, 4.69) is 14.7 Å². The summed E-state index contributed by atoms with van der Waals surface area (Å²) >= 11 is 0. The van der Waals surface area contributed by atoms with Crippen LogP contribution in [0.4, 0.5) is 19.0 Å². The van der Waals surface area contributed by atoms with E-state index in [4.69, 9.17) is 5.73 Å². The van der Waals surface area contributed by atoms with Gasteiger partial charge in [0.15, 0.2) is 5.82 Å². The number of benzene rings is 1. The van der Waals surface area contributed by atoms with Crippen LogP contribution in [0.15, 0.2) is 36.5 Å². The minimum atomic E-state index is -4.77. The van der Waals surface area contributed by atoms with Crippen molar-refractivity contribution in [2.24, 2.45) is 0 Å². The van der Waals surface area contributed by atoms with Crippen molar-refractivity contribution >= 4 is 5.82 Å². The third kappa shape index (κ3) is 2.88. The highest BCUT2D eigenvalue weighted by atomic mass is 19.4. The van der Waals surface area contributed by atoms with Gasteiger partial charge in [-0.05, 0) is 18.2 Å². The average molecular weight is 255 g/mol. The molecule has 2 aromatic rings. The molecule has 0 spiro atoms. The maximum atomic E-state index is 12.2. The first-order valence-corrected chi connectivity index (χ1v) is 4.89. The summed E-state index contributed by atoms with van der Waals surface area (Å²) in [5, 5.41) is 0. The van der Waals surface area contributed by atoms with E-state index in [9.17, 15) is 13.2 Å². The number of anilines is 1. The van der Waals surface area contributed by atoms with Crippen molar-refractivity contribution in [1.82, 2.24) is 9.97 Å². The molecule has 0 fully saturated rings. The van der Waals surface area contributed by atoms with Gasteiger partial charge in [-0.15, -0.1) is 13.2 Å². The lowest BCUT2D eigenvalue weighted by atomic mass is 10.2. The fourth-order valence-electron chi connectivity index (χ4n) is 1.37. The van der Waals surface area contributed by atoms with Crippen molar-refractivity contribution in [2.75, 3.05) is 5.73 Å². The van der Waals surface area contributed by atoms with Gasteiger partial charge >= 0.3 is 6.36 Å². The number of aromatic nitrogens is 2. The van der Waals surface area contributed by atoms with Gasteiger partial charge in [-0.1, -0.05) is 12.1 Å². The van der Waals surface area contributed by atoms with E-state index in [1.807, 2.05) is 0 Å². The third-order valence-electron chi connectivity index (χ3n) is 2.03. The quantitative estimate of drug-likeness (QED) is 0.896. The van der Waals surface area contributed by atoms with Gasteiger partial charge in [0.2, 0.25) is 0 Å². The van der Waals surface area contributed by atoms with E-state index in [-0.39, 0.29) is 23.0 Å². The van der Waals surface area contributed by atoms with Crippen molar-refractivity contribution in [3.8, 4) is 17.1 Å². The van der Waals surface area contributed by atoms with Gasteiger partial charge in [0, 0.05) is 6.20 Å². The van der Waals surface area contributed by atoms with E-state index < -0.39 is 6.36 Å². The second-order valence-electron chi connectivity index (χ2n) is 3.35.